The summed E-state index contributed by atoms with van der Waals surface area (Å²) in [6.45, 7) is 2.08. The van der Waals surface area contributed by atoms with Crippen molar-refractivity contribution in [1.29, 1.82) is 0 Å². The molecule has 0 fully saturated rings. The Kier molecular flexibility index (Phi) is 2.65. The lowest BCUT2D eigenvalue weighted by Gasteiger charge is -2.01. The molecule has 0 aliphatic rings. The van der Waals surface area contributed by atoms with Gasteiger partial charge in [0.1, 0.15) is 0 Å². The Morgan fingerprint density at radius 3 is 2.73 bits per heavy atom. The molecule has 0 spiro atoms. The summed E-state index contributed by atoms with van der Waals surface area (Å²) < 4.78 is 0. The Morgan fingerprint density at radius 1 is 1.55 bits per heavy atom. The second-order valence-electron chi connectivity index (χ2n) is 2.57. The second-order valence-corrected chi connectivity index (χ2v) is 3.69. The van der Waals surface area contributed by atoms with Crippen molar-refractivity contribution in [3.8, 4) is 0 Å². The van der Waals surface area contributed by atoms with Gasteiger partial charge in [0.2, 0.25) is 0 Å². The topological polar surface area (TPSA) is 15.6 Å². The maximum absolute atomic E-state index is 4.28. The molecule has 2 nitrogen and oxygen atoms in total. The third-order valence-electron chi connectivity index (χ3n) is 1.26. The molecule has 0 aromatic carbocycles. The van der Waals surface area contributed by atoms with E-state index in [0.29, 0.717) is 0 Å². The second kappa shape index (κ2) is 3.53. The van der Waals surface area contributed by atoms with Gasteiger partial charge < -0.3 is 4.90 Å². The highest BCUT2D eigenvalue weighted by molar-refractivity contribution is 7.10. The predicted molar refractivity (Wildman–Crippen MR) is 50.9 cm³/mol. The summed E-state index contributed by atoms with van der Waals surface area (Å²) in [7, 11) is 3.93. The summed E-state index contributed by atoms with van der Waals surface area (Å²) in [6.07, 6.45) is 1.81. The van der Waals surface area contributed by atoms with E-state index in [9.17, 15) is 0 Å². The molecule has 0 N–H and O–H groups in total. The largest absolute Gasteiger partial charge is 0.369 e. The van der Waals surface area contributed by atoms with Crippen molar-refractivity contribution in [2.45, 2.75) is 6.92 Å². The van der Waals surface area contributed by atoms with Gasteiger partial charge in [-0.1, -0.05) is 0 Å². The molecule has 0 saturated heterocycles. The van der Waals surface area contributed by atoms with E-state index in [4.69, 9.17) is 0 Å². The Labute approximate surface area is 71.2 Å². The molecule has 1 rings (SSSR count). The maximum atomic E-state index is 4.28. The molecular formula is C8H12N2S. The third-order valence-corrected chi connectivity index (χ3v) is 2.09. The van der Waals surface area contributed by atoms with Gasteiger partial charge in [-0.25, -0.2) is 4.99 Å². The first kappa shape index (κ1) is 8.27. The van der Waals surface area contributed by atoms with Crippen molar-refractivity contribution in [3.05, 3.63) is 16.3 Å². The van der Waals surface area contributed by atoms with E-state index in [1.165, 1.54) is 4.88 Å². The lowest BCUT2D eigenvalue weighted by atomic mass is 10.4. The number of rotatable bonds is 2. The Morgan fingerprint density at radius 2 is 2.27 bits per heavy atom. The minimum absolute atomic E-state index is 1.07. The molecule has 1 aromatic heterocycles. The number of hydrogen-bond acceptors (Lipinski definition) is 2. The summed E-state index contributed by atoms with van der Waals surface area (Å²) in [6, 6.07) is 2.03. The number of thiophene rings is 1. The van der Waals surface area contributed by atoms with Gasteiger partial charge in [0.05, 0.1) is 12.0 Å². The first-order chi connectivity index (χ1) is 5.20. The van der Waals surface area contributed by atoms with E-state index >= 15 is 0 Å². The molecule has 1 heterocycles. The standard InChI is InChI=1S/C8H12N2S/c1-7-8(4-5-11-7)9-6-10(2)3/h4-6H,1-3H3/b9-6+. The van der Waals surface area contributed by atoms with E-state index in [0.717, 1.165) is 5.69 Å². The van der Waals surface area contributed by atoms with Crippen LogP contribution in [0.15, 0.2) is 16.4 Å². The molecule has 0 amide bonds. The molecule has 0 aliphatic carbocycles. The van der Waals surface area contributed by atoms with Gasteiger partial charge in [0.15, 0.2) is 0 Å². The fourth-order valence-electron chi connectivity index (χ4n) is 0.690. The number of hydrogen-bond donors (Lipinski definition) is 0. The molecule has 3 heteroatoms. The van der Waals surface area contributed by atoms with Crippen LogP contribution in [0.3, 0.4) is 0 Å². The van der Waals surface area contributed by atoms with Crippen LogP contribution in [0.25, 0.3) is 0 Å². The highest BCUT2D eigenvalue weighted by atomic mass is 32.1. The first-order valence-electron chi connectivity index (χ1n) is 3.45. The fraction of sp³-hybridized carbons (Fsp3) is 0.375. The van der Waals surface area contributed by atoms with E-state index in [2.05, 4.69) is 17.3 Å². The molecule has 0 unspecified atom stereocenters. The van der Waals surface area contributed by atoms with Crippen molar-refractivity contribution < 1.29 is 0 Å². The molecule has 60 valence electrons. The summed E-state index contributed by atoms with van der Waals surface area (Å²) in [5.41, 5.74) is 1.07. The molecular weight excluding hydrogens is 156 g/mol. The Balaban J connectivity index is 2.71. The molecule has 11 heavy (non-hydrogen) atoms. The maximum Gasteiger partial charge on any atom is 0.0907 e. The molecule has 0 atom stereocenters. The van der Waals surface area contributed by atoms with Gasteiger partial charge in [0.25, 0.3) is 0 Å². The fourth-order valence-corrected chi connectivity index (χ4v) is 1.33. The van der Waals surface area contributed by atoms with Crippen molar-refractivity contribution in [2.24, 2.45) is 4.99 Å². The third kappa shape index (κ3) is 2.35. The van der Waals surface area contributed by atoms with Gasteiger partial charge in [-0.3, -0.25) is 0 Å². The molecule has 0 bridgehead atoms. The van der Waals surface area contributed by atoms with E-state index in [-0.39, 0.29) is 0 Å². The Bertz CT molecular complexity index is 250. The summed E-state index contributed by atoms with van der Waals surface area (Å²) in [4.78, 5) is 7.47. The SMILES string of the molecule is Cc1sccc1/N=C/N(C)C. The quantitative estimate of drug-likeness (QED) is 0.488. The molecule has 0 aliphatic heterocycles. The lowest BCUT2D eigenvalue weighted by Crippen LogP contribution is -2.06. The zero-order chi connectivity index (χ0) is 8.27. The van der Waals surface area contributed by atoms with Crippen molar-refractivity contribution in [1.82, 2.24) is 4.90 Å². The molecule has 0 saturated carbocycles. The van der Waals surface area contributed by atoms with Gasteiger partial charge in [-0.2, -0.15) is 0 Å². The smallest absolute Gasteiger partial charge is 0.0907 e. The van der Waals surface area contributed by atoms with Crippen molar-refractivity contribution in [2.75, 3.05) is 14.1 Å². The van der Waals surface area contributed by atoms with Gasteiger partial charge in [-0.05, 0) is 18.4 Å². The van der Waals surface area contributed by atoms with Crippen LogP contribution < -0.4 is 0 Å². The van der Waals surface area contributed by atoms with Crippen LogP contribution in [0.2, 0.25) is 0 Å². The summed E-state index contributed by atoms with van der Waals surface area (Å²) in [5, 5.41) is 2.05. The van der Waals surface area contributed by atoms with E-state index in [1.54, 1.807) is 11.3 Å². The normalized spacial score (nSPS) is 10.8. The van der Waals surface area contributed by atoms with Crippen LogP contribution in [-0.4, -0.2) is 25.3 Å². The highest BCUT2D eigenvalue weighted by Gasteiger charge is 1.93. The van der Waals surface area contributed by atoms with Gasteiger partial charge in [-0.15, -0.1) is 11.3 Å². The van der Waals surface area contributed by atoms with E-state index in [1.807, 2.05) is 31.4 Å². The summed E-state index contributed by atoms with van der Waals surface area (Å²) >= 11 is 1.72. The predicted octanol–water partition coefficient (Wildman–Crippen LogP) is 2.28. The monoisotopic (exact) mass is 168 g/mol. The zero-order valence-electron chi connectivity index (χ0n) is 7.03. The average Bonchev–Trinajstić information content (AvgIpc) is 2.31. The van der Waals surface area contributed by atoms with Gasteiger partial charge >= 0.3 is 0 Å². The molecule has 0 radical (unpaired) electrons. The minimum atomic E-state index is 1.07. The van der Waals surface area contributed by atoms with E-state index < -0.39 is 0 Å². The Hall–Kier alpha value is -0.830. The van der Waals surface area contributed by atoms with Crippen LogP contribution in [0.4, 0.5) is 5.69 Å². The first-order valence-corrected chi connectivity index (χ1v) is 4.33. The lowest BCUT2D eigenvalue weighted by molar-refractivity contribution is 0.643. The van der Waals surface area contributed by atoms with Crippen LogP contribution >= 0.6 is 11.3 Å². The minimum Gasteiger partial charge on any atom is -0.369 e. The van der Waals surface area contributed by atoms with Crippen LogP contribution in [0, 0.1) is 6.92 Å². The summed E-state index contributed by atoms with van der Waals surface area (Å²) in [5.74, 6) is 0. The van der Waals surface area contributed by atoms with Crippen LogP contribution in [0.1, 0.15) is 4.88 Å². The van der Waals surface area contributed by atoms with Crippen LogP contribution in [-0.2, 0) is 0 Å². The van der Waals surface area contributed by atoms with Crippen molar-refractivity contribution >= 4 is 23.4 Å². The number of aryl methyl sites for hydroxylation is 1. The highest BCUT2D eigenvalue weighted by Crippen LogP contribution is 2.22. The average molecular weight is 168 g/mol. The molecule has 1 aromatic rings. The number of aliphatic imine (C=N–C) groups is 1. The van der Waals surface area contributed by atoms with Gasteiger partial charge in [0, 0.05) is 19.0 Å². The van der Waals surface area contributed by atoms with Crippen molar-refractivity contribution in [3.63, 3.8) is 0 Å². The van der Waals surface area contributed by atoms with Crippen LogP contribution in [0.5, 0.6) is 0 Å². The zero-order valence-corrected chi connectivity index (χ0v) is 7.85. The number of nitrogens with zero attached hydrogens (tertiary/aromatic N) is 2.